The first kappa shape index (κ1) is 12.8. The molecule has 3 rings (SSSR count). The average molecular weight is 290 g/mol. The van der Waals surface area contributed by atoms with E-state index in [9.17, 15) is 14.0 Å². The van der Waals surface area contributed by atoms with Crippen LogP contribution in [0.5, 0.6) is 0 Å². The standard InChI is InChI=1S/C14H11FN2O2S/c15-9-6-8-3-4-13(18)16-10(8)7-11(9)17-14(19)12-2-1-5-20-12/h1-2,5-7H,3-4H2,(H,16,18)(H,17,19). The van der Waals surface area contributed by atoms with E-state index in [1.165, 1.54) is 23.5 Å². The van der Waals surface area contributed by atoms with Crippen molar-refractivity contribution in [3.63, 3.8) is 0 Å². The third kappa shape index (κ3) is 2.42. The van der Waals surface area contributed by atoms with Gasteiger partial charge in [0, 0.05) is 12.1 Å². The van der Waals surface area contributed by atoms with Gasteiger partial charge in [-0.3, -0.25) is 9.59 Å². The van der Waals surface area contributed by atoms with Gasteiger partial charge in [-0.25, -0.2) is 4.39 Å². The van der Waals surface area contributed by atoms with Crippen molar-refractivity contribution in [1.29, 1.82) is 0 Å². The maximum Gasteiger partial charge on any atom is 0.265 e. The summed E-state index contributed by atoms with van der Waals surface area (Å²) >= 11 is 1.28. The third-order valence-corrected chi connectivity index (χ3v) is 3.95. The normalized spacial score (nSPS) is 13.6. The highest BCUT2D eigenvalue weighted by Crippen LogP contribution is 2.29. The number of aryl methyl sites for hydroxylation is 1. The Bertz CT molecular complexity index is 683. The maximum atomic E-state index is 14.0. The Morgan fingerprint density at radius 2 is 2.20 bits per heavy atom. The summed E-state index contributed by atoms with van der Waals surface area (Å²) in [6.07, 6.45) is 0.866. The van der Waals surface area contributed by atoms with Crippen LogP contribution >= 0.6 is 11.3 Å². The van der Waals surface area contributed by atoms with Crippen molar-refractivity contribution in [3.8, 4) is 0 Å². The highest BCUT2D eigenvalue weighted by atomic mass is 32.1. The zero-order valence-electron chi connectivity index (χ0n) is 10.4. The van der Waals surface area contributed by atoms with E-state index in [0.29, 0.717) is 23.4 Å². The van der Waals surface area contributed by atoms with Crippen molar-refractivity contribution in [2.75, 3.05) is 10.6 Å². The molecule has 2 aromatic rings. The number of carbonyl (C=O) groups excluding carboxylic acids is 2. The van der Waals surface area contributed by atoms with Crippen LogP contribution in [0, 0.1) is 5.82 Å². The fraction of sp³-hybridized carbons (Fsp3) is 0.143. The quantitative estimate of drug-likeness (QED) is 0.893. The summed E-state index contributed by atoms with van der Waals surface area (Å²) in [6.45, 7) is 0. The fourth-order valence-electron chi connectivity index (χ4n) is 2.09. The number of hydrogen-bond acceptors (Lipinski definition) is 3. The van der Waals surface area contributed by atoms with Crippen LogP contribution in [0.4, 0.5) is 15.8 Å². The predicted molar refractivity (Wildman–Crippen MR) is 75.6 cm³/mol. The van der Waals surface area contributed by atoms with Crippen molar-refractivity contribution < 1.29 is 14.0 Å². The molecule has 0 saturated heterocycles. The van der Waals surface area contributed by atoms with Crippen molar-refractivity contribution in [3.05, 3.63) is 45.9 Å². The predicted octanol–water partition coefficient (Wildman–Crippen LogP) is 3.02. The molecule has 0 atom stereocenters. The molecule has 0 aliphatic carbocycles. The lowest BCUT2D eigenvalue weighted by molar-refractivity contribution is -0.116. The lowest BCUT2D eigenvalue weighted by Crippen LogP contribution is -2.20. The number of amides is 2. The minimum atomic E-state index is -0.496. The van der Waals surface area contributed by atoms with Crippen LogP contribution in [0.1, 0.15) is 21.7 Å². The first-order valence-corrected chi connectivity index (χ1v) is 6.98. The summed E-state index contributed by atoms with van der Waals surface area (Å²) in [5.41, 5.74) is 1.38. The van der Waals surface area contributed by atoms with Gasteiger partial charge in [-0.15, -0.1) is 11.3 Å². The van der Waals surface area contributed by atoms with Gasteiger partial charge < -0.3 is 10.6 Å². The molecule has 1 aliphatic rings. The molecule has 0 unspecified atom stereocenters. The minimum Gasteiger partial charge on any atom is -0.326 e. The Balaban J connectivity index is 1.88. The lowest BCUT2D eigenvalue weighted by Gasteiger charge is -2.18. The number of rotatable bonds is 2. The molecular weight excluding hydrogens is 279 g/mol. The molecule has 0 radical (unpaired) electrons. The van der Waals surface area contributed by atoms with Crippen LogP contribution in [0.15, 0.2) is 29.6 Å². The van der Waals surface area contributed by atoms with Crippen molar-refractivity contribution in [2.45, 2.75) is 12.8 Å². The van der Waals surface area contributed by atoms with Crippen LogP contribution in [0.3, 0.4) is 0 Å². The Hall–Kier alpha value is -2.21. The highest BCUT2D eigenvalue weighted by molar-refractivity contribution is 7.12. The van der Waals surface area contributed by atoms with Crippen LogP contribution in [0.25, 0.3) is 0 Å². The van der Waals surface area contributed by atoms with Gasteiger partial charge in [0.25, 0.3) is 5.91 Å². The first-order valence-electron chi connectivity index (χ1n) is 6.10. The van der Waals surface area contributed by atoms with Crippen LogP contribution in [-0.2, 0) is 11.2 Å². The topological polar surface area (TPSA) is 58.2 Å². The molecule has 2 N–H and O–H groups in total. The largest absolute Gasteiger partial charge is 0.326 e. The summed E-state index contributed by atoms with van der Waals surface area (Å²) in [5.74, 6) is -0.953. The fourth-order valence-corrected chi connectivity index (χ4v) is 2.70. The van der Waals surface area contributed by atoms with E-state index in [1.807, 2.05) is 0 Å². The van der Waals surface area contributed by atoms with E-state index in [4.69, 9.17) is 0 Å². The molecule has 0 spiro atoms. The molecule has 1 aliphatic heterocycles. The molecule has 4 nitrogen and oxygen atoms in total. The Morgan fingerprint density at radius 3 is 2.95 bits per heavy atom. The van der Waals surface area contributed by atoms with Gasteiger partial charge in [0.1, 0.15) is 5.82 Å². The molecule has 6 heteroatoms. The van der Waals surface area contributed by atoms with Crippen molar-refractivity contribution >= 4 is 34.5 Å². The van der Waals surface area contributed by atoms with Crippen LogP contribution < -0.4 is 10.6 Å². The van der Waals surface area contributed by atoms with Gasteiger partial charge >= 0.3 is 0 Å². The average Bonchev–Trinajstić information content (AvgIpc) is 2.94. The van der Waals surface area contributed by atoms with Gasteiger partial charge in [-0.05, 0) is 35.6 Å². The van der Waals surface area contributed by atoms with E-state index in [0.717, 1.165) is 5.56 Å². The Kier molecular flexibility index (Phi) is 3.23. The van der Waals surface area contributed by atoms with Gasteiger partial charge in [0.05, 0.1) is 10.6 Å². The number of carbonyl (C=O) groups is 2. The SMILES string of the molecule is O=C1CCc2cc(F)c(NC(=O)c3cccs3)cc2N1. The smallest absolute Gasteiger partial charge is 0.265 e. The number of fused-ring (bicyclic) bond motifs is 1. The number of benzene rings is 1. The number of nitrogens with one attached hydrogen (secondary N) is 2. The second-order valence-corrected chi connectivity index (χ2v) is 5.42. The van der Waals surface area contributed by atoms with E-state index < -0.39 is 5.82 Å². The van der Waals surface area contributed by atoms with Gasteiger partial charge in [-0.1, -0.05) is 6.07 Å². The Labute approximate surface area is 118 Å². The summed E-state index contributed by atoms with van der Waals surface area (Å²) in [4.78, 5) is 23.8. The monoisotopic (exact) mass is 290 g/mol. The number of thiophene rings is 1. The zero-order valence-corrected chi connectivity index (χ0v) is 11.2. The van der Waals surface area contributed by atoms with Gasteiger partial charge in [-0.2, -0.15) is 0 Å². The molecular formula is C14H11FN2O2S. The molecule has 1 aromatic heterocycles. The highest BCUT2D eigenvalue weighted by Gasteiger charge is 2.19. The molecule has 102 valence electrons. The second kappa shape index (κ2) is 5.05. The van der Waals surface area contributed by atoms with E-state index in [2.05, 4.69) is 10.6 Å². The summed E-state index contributed by atoms with van der Waals surface area (Å²) in [5, 5.41) is 6.98. The van der Waals surface area contributed by atoms with E-state index in [1.54, 1.807) is 17.5 Å². The molecule has 20 heavy (non-hydrogen) atoms. The number of anilines is 2. The van der Waals surface area contributed by atoms with Gasteiger partial charge in [0.2, 0.25) is 5.91 Å². The third-order valence-electron chi connectivity index (χ3n) is 3.08. The summed E-state index contributed by atoms with van der Waals surface area (Å²) in [7, 11) is 0. The van der Waals surface area contributed by atoms with Crippen LogP contribution in [0.2, 0.25) is 0 Å². The first-order chi connectivity index (χ1) is 9.63. The molecule has 0 fully saturated rings. The maximum absolute atomic E-state index is 14.0. The molecule has 2 heterocycles. The molecule has 1 aromatic carbocycles. The lowest BCUT2D eigenvalue weighted by atomic mass is 10.0. The van der Waals surface area contributed by atoms with Crippen LogP contribution in [-0.4, -0.2) is 11.8 Å². The number of hydrogen-bond donors (Lipinski definition) is 2. The summed E-state index contributed by atoms with van der Waals surface area (Å²) in [6, 6.07) is 6.24. The van der Waals surface area contributed by atoms with E-state index in [-0.39, 0.29) is 17.5 Å². The zero-order chi connectivity index (χ0) is 14.1. The van der Waals surface area contributed by atoms with Crippen molar-refractivity contribution in [1.82, 2.24) is 0 Å². The summed E-state index contributed by atoms with van der Waals surface area (Å²) < 4.78 is 14.0. The van der Waals surface area contributed by atoms with E-state index >= 15 is 0 Å². The minimum absolute atomic E-state index is 0.0735. The molecule has 2 amide bonds. The van der Waals surface area contributed by atoms with Gasteiger partial charge in [0.15, 0.2) is 0 Å². The Morgan fingerprint density at radius 1 is 1.35 bits per heavy atom. The second-order valence-electron chi connectivity index (χ2n) is 4.47. The molecule has 0 saturated carbocycles. The number of halogens is 1. The van der Waals surface area contributed by atoms with Crippen molar-refractivity contribution in [2.24, 2.45) is 0 Å². The molecule has 0 bridgehead atoms.